The Hall–Kier alpha value is -2.89. The Labute approximate surface area is 175 Å². The summed E-state index contributed by atoms with van der Waals surface area (Å²) in [4.78, 5) is 25.9. The molecule has 0 aliphatic heterocycles. The largest absolute Gasteiger partial charge is 0.494 e. The number of nitrogens with zero attached hydrogens (tertiary/aromatic N) is 2. The molecule has 0 saturated carbocycles. The lowest BCUT2D eigenvalue weighted by molar-refractivity contribution is 0.100. The van der Waals surface area contributed by atoms with Gasteiger partial charge in [-0.3, -0.25) is 14.2 Å². The van der Waals surface area contributed by atoms with Crippen molar-refractivity contribution in [2.24, 2.45) is 0 Å². The number of fused-ring (bicyclic) bond motifs is 1. The molecule has 150 valence electrons. The van der Waals surface area contributed by atoms with Crippen LogP contribution in [0.5, 0.6) is 5.88 Å². The Bertz CT molecular complexity index is 1220. The van der Waals surface area contributed by atoms with Gasteiger partial charge in [-0.05, 0) is 44.0 Å². The number of carbonyl (C=O) groups excluding carboxylic acids is 1. The van der Waals surface area contributed by atoms with Crippen molar-refractivity contribution in [3.8, 4) is 11.9 Å². The molecule has 0 spiro atoms. The van der Waals surface area contributed by atoms with Crippen molar-refractivity contribution in [1.82, 2.24) is 4.57 Å². The number of methoxy groups -OCH3 is 1. The van der Waals surface area contributed by atoms with Crippen LogP contribution in [0, 0.1) is 25.2 Å². The molecule has 1 N–H and O–H groups in total. The predicted octanol–water partition coefficient (Wildman–Crippen LogP) is 3.82. The Morgan fingerprint density at radius 3 is 2.72 bits per heavy atom. The first-order valence-corrected chi connectivity index (χ1v) is 9.69. The molecule has 0 aliphatic carbocycles. The molecule has 1 aromatic carbocycles. The summed E-state index contributed by atoms with van der Waals surface area (Å²) in [5, 5.41) is 21.0. The van der Waals surface area contributed by atoms with Gasteiger partial charge in [0.25, 0.3) is 5.56 Å². The van der Waals surface area contributed by atoms with Crippen molar-refractivity contribution in [2.45, 2.75) is 26.8 Å². The molecule has 0 radical (unpaired) electrons. The smallest absolute Gasteiger partial charge is 0.271 e. The van der Waals surface area contributed by atoms with Crippen LogP contribution in [-0.2, 0) is 11.3 Å². The van der Waals surface area contributed by atoms with E-state index in [0.717, 1.165) is 14.4 Å². The summed E-state index contributed by atoms with van der Waals surface area (Å²) in [6.45, 7) is 3.70. The highest BCUT2D eigenvalue weighted by Gasteiger charge is 2.28. The van der Waals surface area contributed by atoms with Crippen LogP contribution in [0.4, 0.5) is 0 Å². The first-order valence-electron chi connectivity index (χ1n) is 8.90. The normalized spacial score (nSPS) is 11.0. The van der Waals surface area contributed by atoms with Gasteiger partial charge < -0.3 is 14.3 Å². The maximum Gasteiger partial charge on any atom is 0.271 e. The fourth-order valence-corrected chi connectivity index (χ4v) is 3.68. The fourth-order valence-electron chi connectivity index (χ4n) is 3.32. The third-order valence-corrected chi connectivity index (χ3v) is 5.36. The number of benzene rings is 1. The molecular weight excluding hydrogens is 440 g/mol. The highest BCUT2D eigenvalue weighted by Crippen LogP contribution is 2.32. The zero-order chi connectivity index (χ0) is 21.3. The van der Waals surface area contributed by atoms with Crippen LogP contribution < -0.4 is 5.56 Å². The number of carbonyl (C=O) groups is 1. The Morgan fingerprint density at radius 2 is 2.07 bits per heavy atom. The lowest BCUT2D eigenvalue weighted by Crippen LogP contribution is -2.27. The molecule has 3 rings (SSSR count). The second-order valence-corrected chi connectivity index (χ2v) is 7.56. The topological polar surface area (TPSA) is 105 Å². The summed E-state index contributed by atoms with van der Waals surface area (Å²) in [6.07, 6.45) is 0.434. The standard InChI is InChI=1S/C21H19BrN2O5/c1-11-15(10-23)20(26)24(7-4-8-28-3)21(27)17(11)18(25)19-12(2)14-9-13(22)5-6-16(14)29-19/h5-6,9,27H,4,7-8H2,1-3H3. The van der Waals surface area contributed by atoms with E-state index in [1.165, 1.54) is 14.0 Å². The number of nitriles is 1. The number of aryl methyl sites for hydroxylation is 1. The van der Waals surface area contributed by atoms with Crippen LogP contribution in [0.3, 0.4) is 0 Å². The minimum absolute atomic E-state index is 0.0579. The molecule has 7 nitrogen and oxygen atoms in total. The van der Waals surface area contributed by atoms with E-state index in [4.69, 9.17) is 9.15 Å². The highest BCUT2D eigenvalue weighted by molar-refractivity contribution is 9.10. The molecule has 0 fully saturated rings. The minimum Gasteiger partial charge on any atom is -0.494 e. The second-order valence-electron chi connectivity index (χ2n) is 6.64. The summed E-state index contributed by atoms with van der Waals surface area (Å²) in [7, 11) is 1.52. The number of hydrogen-bond acceptors (Lipinski definition) is 6. The van der Waals surface area contributed by atoms with E-state index in [-0.39, 0.29) is 29.0 Å². The zero-order valence-corrected chi connectivity index (χ0v) is 17.8. The molecule has 29 heavy (non-hydrogen) atoms. The minimum atomic E-state index is -0.639. The number of rotatable bonds is 6. The number of ketones is 1. The van der Waals surface area contributed by atoms with Crippen molar-refractivity contribution >= 4 is 32.7 Å². The van der Waals surface area contributed by atoms with Crippen molar-refractivity contribution in [3.63, 3.8) is 0 Å². The second kappa shape index (κ2) is 8.23. The Balaban J connectivity index is 2.21. The number of hydrogen-bond donors (Lipinski definition) is 1. The van der Waals surface area contributed by atoms with E-state index in [1.54, 1.807) is 19.1 Å². The van der Waals surface area contributed by atoms with E-state index in [1.807, 2.05) is 12.1 Å². The van der Waals surface area contributed by atoms with Crippen molar-refractivity contribution < 1.29 is 19.1 Å². The summed E-state index contributed by atoms with van der Waals surface area (Å²) in [5.41, 5.74) is 0.338. The van der Waals surface area contributed by atoms with Crippen LogP contribution in [0.2, 0.25) is 0 Å². The van der Waals surface area contributed by atoms with Gasteiger partial charge in [-0.2, -0.15) is 5.26 Å². The first kappa shape index (κ1) is 20.8. The average Bonchev–Trinajstić information content (AvgIpc) is 3.01. The average molecular weight is 459 g/mol. The third kappa shape index (κ3) is 3.59. The van der Waals surface area contributed by atoms with E-state index in [2.05, 4.69) is 15.9 Å². The molecular formula is C21H19BrN2O5. The number of furan rings is 1. The molecule has 0 unspecified atom stereocenters. The van der Waals surface area contributed by atoms with Gasteiger partial charge in [-0.25, -0.2) is 0 Å². The molecule has 3 aromatic rings. The van der Waals surface area contributed by atoms with Gasteiger partial charge >= 0.3 is 0 Å². The van der Waals surface area contributed by atoms with Crippen molar-refractivity contribution in [3.05, 3.63) is 61.0 Å². The van der Waals surface area contributed by atoms with E-state index in [9.17, 15) is 20.0 Å². The summed E-state index contributed by atoms with van der Waals surface area (Å²) in [5.74, 6) is -1.00. The van der Waals surface area contributed by atoms with Gasteiger partial charge in [0.2, 0.25) is 11.7 Å². The Kier molecular flexibility index (Phi) is 5.91. The van der Waals surface area contributed by atoms with Crippen LogP contribution in [0.1, 0.15) is 39.2 Å². The van der Waals surface area contributed by atoms with Gasteiger partial charge in [-0.1, -0.05) is 15.9 Å². The van der Waals surface area contributed by atoms with Gasteiger partial charge in [-0.15, -0.1) is 0 Å². The molecule has 0 atom stereocenters. The Morgan fingerprint density at radius 1 is 1.34 bits per heavy atom. The number of halogens is 1. The summed E-state index contributed by atoms with van der Waals surface area (Å²) < 4.78 is 12.6. The van der Waals surface area contributed by atoms with Gasteiger partial charge in [0.05, 0.1) is 5.56 Å². The monoisotopic (exact) mass is 458 g/mol. The molecule has 0 saturated heterocycles. The first-order chi connectivity index (χ1) is 13.8. The predicted molar refractivity (Wildman–Crippen MR) is 110 cm³/mol. The van der Waals surface area contributed by atoms with Crippen LogP contribution in [-0.4, -0.2) is 29.2 Å². The lowest BCUT2D eigenvalue weighted by atomic mass is 9.98. The summed E-state index contributed by atoms with van der Waals surface area (Å²) in [6, 6.07) is 7.23. The van der Waals surface area contributed by atoms with Crippen LogP contribution in [0.25, 0.3) is 11.0 Å². The van der Waals surface area contributed by atoms with Crippen molar-refractivity contribution in [2.75, 3.05) is 13.7 Å². The third-order valence-electron chi connectivity index (χ3n) is 4.86. The molecule has 0 amide bonds. The fraction of sp³-hybridized carbons (Fsp3) is 0.286. The van der Waals surface area contributed by atoms with Crippen LogP contribution in [0.15, 0.2) is 31.9 Å². The molecule has 0 bridgehead atoms. The van der Waals surface area contributed by atoms with Gasteiger partial charge in [0, 0.05) is 35.7 Å². The van der Waals surface area contributed by atoms with E-state index >= 15 is 0 Å². The van der Waals surface area contributed by atoms with E-state index in [0.29, 0.717) is 24.2 Å². The molecule has 2 aromatic heterocycles. The van der Waals surface area contributed by atoms with E-state index < -0.39 is 17.2 Å². The lowest BCUT2D eigenvalue weighted by Gasteiger charge is -2.15. The maximum atomic E-state index is 13.3. The van der Waals surface area contributed by atoms with Gasteiger partial charge in [0.15, 0.2) is 5.76 Å². The zero-order valence-electron chi connectivity index (χ0n) is 16.2. The highest BCUT2D eigenvalue weighted by atomic mass is 79.9. The molecule has 0 aliphatic rings. The number of aromatic hydroxyl groups is 1. The SMILES string of the molecule is COCCCn1c(O)c(C(=O)c2oc3ccc(Br)cc3c2C)c(C)c(C#N)c1=O. The summed E-state index contributed by atoms with van der Waals surface area (Å²) >= 11 is 3.40. The van der Waals surface area contributed by atoms with Crippen molar-refractivity contribution in [1.29, 1.82) is 5.26 Å². The van der Waals surface area contributed by atoms with Crippen LogP contribution >= 0.6 is 15.9 Å². The number of ether oxygens (including phenoxy) is 1. The van der Waals surface area contributed by atoms with Gasteiger partial charge in [0.1, 0.15) is 17.2 Å². The molecule has 2 heterocycles. The quantitative estimate of drug-likeness (QED) is 0.444. The maximum absolute atomic E-state index is 13.3. The molecule has 8 heteroatoms. The number of aromatic nitrogens is 1. The number of pyridine rings is 1.